The van der Waals surface area contributed by atoms with E-state index in [0.29, 0.717) is 0 Å². The third-order valence-electron chi connectivity index (χ3n) is 1.89. The predicted octanol–water partition coefficient (Wildman–Crippen LogP) is 1.86. The Hall–Kier alpha value is -1.78. The fourth-order valence-corrected chi connectivity index (χ4v) is 1.14. The topological polar surface area (TPSA) is 76.7 Å². The molecule has 1 N–H and O–H groups in total. The third-order valence-corrected chi connectivity index (χ3v) is 1.89. The Bertz CT molecular complexity index is 479. The van der Waals surface area contributed by atoms with Gasteiger partial charge in [-0.15, -0.1) is 0 Å². The predicted molar refractivity (Wildman–Crippen MR) is 61.1 cm³/mol. The van der Waals surface area contributed by atoms with Crippen molar-refractivity contribution in [2.45, 2.75) is 27.7 Å². The van der Waals surface area contributed by atoms with E-state index in [-0.39, 0.29) is 17.8 Å². The van der Waals surface area contributed by atoms with E-state index in [1.54, 1.807) is 0 Å². The van der Waals surface area contributed by atoms with Crippen LogP contribution in [-0.4, -0.2) is 17.7 Å². The van der Waals surface area contributed by atoms with Crippen molar-refractivity contribution in [3.8, 4) is 5.75 Å². The highest BCUT2D eigenvalue weighted by Crippen LogP contribution is 2.18. The lowest BCUT2D eigenvalue weighted by Gasteiger charge is -2.17. The molecule has 0 aliphatic carbocycles. The van der Waals surface area contributed by atoms with Crippen LogP contribution in [0.1, 0.15) is 36.9 Å². The highest BCUT2D eigenvalue weighted by Gasteiger charge is 2.22. The maximum absolute atomic E-state index is 11.6. The second-order valence-corrected chi connectivity index (χ2v) is 5.04. The third kappa shape index (κ3) is 3.62. The van der Waals surface area contributed by atoms with Gasteiger partial charge in [0.25, 0.3) is 0 Å². The molecule has 0 radical (unpaired) electrons. The SMILES string of the molecule is Cc1cc(O)c(C(=O)OCC(C)(C)C)c(=O)o1. The number of aryl methyl sites for hydroxylation is 1. The van der Waals surface area contributed by atoms with Crippen molar-refractivity contribution in [1.82, 2.24) is 0 Å². The number of carbonyl (C=O) groups is 1. The minimum atomic E-state index is -0.888. The summed E-state index contributed by atoms with van der Waals surface area (Å²) in [5.74, 6) is -1.05. The largest absolute Gasteiger partial charge is 0.507 e. The first-order chi connectivity index (χ1) is 7.70. The molecule has 5 heteroatoms. The molecule has 0 aromatic carbocycles. The van der Waals surface area contributed by atoms with Gasteiger partial charge in [0, 0.05) is 6.07 Å². The summed E-state index contributed by atoms with van der Waals surface area (Å²) in [5, 5.41) is 9.51. The van der Waals surface area contributed by atoms with Crippen LogP contribution in [0.3, 0.4) is 0 Å². The van der Waals surface area contributed by atoms with E-state index in [9.17, 15) is 14.7 Å². The summed E-state index contributed by atoms with van der Waals surface area (Å²) in [4.78, 5) is 23.0. The quantitative estimate of drug-likeness (QED) is 0.798. The van der Waals surface area contributed by atoms with E-state index in [1.165, 1.54) is 13.0 Å². The van der Waals surface area contributed by atoms with Crippen molar-refractivity contribution in [2.24, 2.45) is 5.41 Å². The first-order valence-electron chi connectivity index (χ1n) is 5.21. The number of hydrogen-bond donors (Lipinski definition) is 1. The van der Waals surface area contributed by atoms with E-state index in [4.69, 9.17) is 9.15 Å². The molecule has 5 nitrogen and oxygen atoms in total. The highest BCUT2D eigenvalue weighted by atomic mass is 16.5. The van der Waals surface area contributed by atoms with Crippen molar-refractivity contribution < 1.29 is 19.1 Å². The van der Waals surface area contributed by atoms with E-state index in [0.717, 1.165) is 0 Å². The van der Waals surface area contributed by atoms with Crippen LogP contribution in [0.2, 0.25) is 0 Å². The van der Waals surface area contributed by atoms with Crippen molar-refractivity contribution in [3.05, 3.63) is 27.8 Å². The molecule has 17 heavy (non-hydrogen) atoms. The van der Waals surface area contributed by atoms with Gasteiger partial charge in [0.15, 0.2) is 5.56 Å². The van der Waals surface area contributed by atoms with Gasteiger partial charge in [-0.2, -0.15) is 0 Å². The first kappa shape index (κ1) is 13.3. The van der Waals surface area contributed by atoms with Crippen LogP contribution < -0.4 is 5.63 Å². The molecule has 1 aromatic heterocycles. The second-order valence-electron chi connectivity index (χ2n) is 5.04. The molecule has 0 bridgehead atoms. The minimum Gasteiger partial charge on any atom is -0.507 e. The Labute approximate surface area is 99.0 Å². The molecule has 1 rings (SSSR count). The Balaban J connectivity index is 2.94. The Morgan fingerprint density at radius 3 is 2.53 bits per heavy atom. The van der Waals surface area contributed by atoms with Crippen LogP contribution in [0.15, 0.2) is 15.3 Å². The molecular formula is C12H16O5. The van der Waals surface area contributed by atoms with Gasteiger partial charge in [0.1, 0.15) is 11.5 Å². The van der Waals surface area contributed by atoms with Gasteiger partial charge in [-0.3, -0.25) is 0 Å². The van der Waals surface area contributed by atoms with Crippen molar-refractivity contribution >= 4 is 5.97 Å². The monoisotopic (exact) mass is 240 g/mol. The lowest BCUT2D eigenvalue weighted by molar-refractivity contribution is 0.0358. The molecule has 0 saturated heterocycles. The van der Waals surface area contributed by atoms with Gasteiger partial charge in [0.05, 0.1) is 6.61 Å². The number of esters is 1. The smallest absolute Gasteiger partial charge is 0.354 e. The molecule has 0 saturated carbocycles. The van der Waals surface area contributed by atoms with Crippen LogP contribution in [0.4, 0.5) is 0 Å². The molecule has 0 atom stereocenters. The standard InChI is InChI=1S/C12H16O5/c1-7-5-8(13)9(11(15)17-7)10(14)16-6-12(2,3)4/h5,13H,6H2,1-4H3. The van der Waals surface area contributed by atoms with Crippen LogP contribution in [0.5, 0.6) is 5.75 Å². The second kappa shape index (κ2) is 4.61. The number of hydrogen-bond acceptors (Lipinski definition) is 5. The molecule has 0 amide bonds. The summed E-state index contributed by atoms with van der Waals surface area (Å²) >= 11 is 0. The molecule has 94 valence electrons. The van der Waals surface area contributed by atoms with Gasteiger partial charge >= 0.3 is 11.6 Å². The van der Waals surface area contributed by atoms with Crippen molar-refractivity contribution in [3.63, 3.8) is 0 Å². The normalized spacial score (nSPS) is 11.3. The first-order valence-corrected chi connectivity index (χ1v) is 5.21. The number of carbonyl (C=O) groups excluding carboxylic acids is 1. The maximum atomic E-state index is 11.6. The Kier molecular flexibility index (Phi) is 3.60. The lowest BCUT2D eigenvalue weighted by atomic mass is 9.99. The zero-order chi connectivity index (χ0) is 13.2. The minimum absolute atomic E-state index is 0.151. The van der Waals surface area contributed by atoms with Crippen LogP contribution >= 0.6 is 0 Å². The van der Waals surface area contributed by atoms with Crippen molar-refractivity contribution in [1.29, 1.82) is 0 Å². The fourth-order valence-electron chi connectivity index (χ4n) is 1.14. The molecule has 0 aliphatic rings. The fraction of sp³-hybridized carbons (Fsp3) is 0.500. The molecule has 1 aromatic rings. The van der Waals surface area contributed by atoms with Gasteiger partial charge in [-0.05, 0) is 12.3 Å². The lowest BCUT2D eigenvalue weighted by Crippen LogP contribution is -2.22. The molecule has 0 fully saturated rings. The zero-order valence-corrected chi connectivity index (χ0v) is 10.4. The summed E-state index contributed by atoms with van der Waals surface area (Å²) in [7, 11) is 0. The Morgan fingerprint density at radius 1 is 1.47 bits per heavy atom. The molecule has 0 aliphatic heterocycles. The summed E-state index contributed by atoms with van der Waals surface area (Å²) in [6.45, 7) is 7.32. The summed E-state index contributed by atoms with van der Waals surface area (Å²) in [6, 6.07) is 1.20. The summed E-state index contributed by atoms with van der Waals surface area (Å²) in [6.07, 6.45) is 0. The van der Waals surface area contributed by atoms with Crippen LogP contribution in [0.25, 0.3) is 0 Å². The van der Waals surface area contributed by atoms with Crippen LogP contribution in [-0.2, 0) is 4.74 Å². The molecule has 0 spiro atoms. The average molecular weight is 240 g/mol. The van der Waals surface area contributed by atoms with Gasteiger partial charge in [-0.25, -0.2) is 9.59 Å². The average Bonchev–Trinajstić information content (AvgIpc) is 2.11. The van der Waals surface area contributed by atoms with Gasteiger partial charge < -0.3 is 14.3 Å². The van der Waals surface area contributed by atoms with E-state index in [1.807, 2.05) is 20.8 Å². The number of rotatable bonds is 2. The van der Waals surface area contributed by atoms with Crippen molar-refractivity contribution in [2.75, 3.05) is 6.61 Å². The molecule has 1 heterocycles. The molecule has 0 unspecified atom stereocenters. The summed E-state index contributed by atoms with van der Waals surface area (Å²) in [5.41, 5.74) is -1.56. The number of ether oxygens (including phenoxy) is 1. The Morgan fingerprint density at radius 2 is 2.06 bits per heavy atom. The van der Waals surface area contributed by atoms with Gasteiger partial charge in [-0.1, -0.05) is 20.8 Å². The highest BCUT2D eigenvalue weighted by molar-refractivity contribution is 5.91. The van der Waals surface area contributed by atoms with Gasteiger partial charge in [0.2, 0.25) is 0 Å². The van der Waals surface area contributed by atoms with E-state index >= 15 is 0 Å². The zero-order valence-electron chi connectivity index (χ0n) is 10.4. The van der Waals surface area contributed by atoms with Crippen LogP contribution in [0, 0.1) is 12.3 Å². The number of aromatic hydroxyl groups is 1. The van der Waals surface area contributed by atoms with E-state index in [2.05, 4.69) is 0 Å². The maximum Gasteiger partial charge on any atom is 0.354 e. The summed E-state index contributed by atoms with van der Waals surface area (Å²) < 4.78 is 9.66. The molecular weight excluding hydrogens is 224 g/mol. The van der Waals surface area contributed by atoms with E-state index < -0.39 is 22.9 Å².